The highest BCUT2D eigenvalue weighted by Crippen LogP contribution is 2.32. The lowest BCUT2D eigenvalue weighted by molar-refractivity contribution is 1.38. The Hall–Kier alpha value is -1.96. The van der Waals surface area contributed by atoms with Gasteiger partial charge >= 0.3 is 0 Å². The molecule has 0 heterocycles. The van der Waals surface area contributed by atoms with E-state index in [2.05, 4.69) is 32.0 Å². The lowest BCUT2D eigenvalue weighted by atomic mass is 9.98. The van der Waals surface area contributed by atoms with Gasteiger partial charge in [0.2, 0.25) is 0 Å². The van der Waals surface area contributed by atoms with E-state index >= 15 is 0 Å². The summed E-state index contributed by atoms with van der Waals surface area (Å²) in [4.78, 5) is 0. The molecule has 0 spiro atoms. The third kappa shape index (κ3) is 1.87. The third-order valence-electron chi connectivity index (χ3n) is 2.64. The zero-order valence-corrected chi connectivity index (χ0v) is 9.62. The van der Waals surface area contributed by atoms with Gasteiger partial charge in [0, 0.05) is 16.9 Å². The van der Waals surface area contributed by atoms with Crippen molar-refractivity contribution >= 4 is 11.4 Å². The Morgan fingerprint density at radius 2 is 1.31 bits per heavy atom. The van der Waals surface area contributed by atoms with Crippen molar-refractivity contribution in [2.45, 2.75) is 13.8 Å². The van der Waals surface area contributed by atoms with Gasteiger partial charge in [0.05, 0.1) is 0 Å². The van der Waals surface area contributed by atoms with Crippen LogP contribution in [0.3, 0.4) is 0 Å². The predicted octanol–water partition coefficient (Wildman–Crippen LogP) is 3.13. The Bertz CT molecular complexity index is 490. The van der Waals surface area contributed by atoms with Crippen molar-refractivity contribution in [2.75, 3.05) is 11.5 Å². The number of benzene rings is 2. The molecule has 0 saturated heterocycles. The summed E-state index contributed by atoms with van der Waals surface area (Å²) in [7, 11) is 0. The van der Waals surface area contributed by atoms with Gasteiger partial charge in [0.25, 0.3) is 0 Å². The number of anilines is 2. The van der Waals surface area contributed by atoms with Gasteiger partial charge in [-0.05, 0) is 31.5 Å². The molecule has 0 aliphatic heterocycles. The molecule has 0 atom stereocenters. The highest BCUT2D eigenvalue weighted by molar-refractivity contribution is 5.86. The summed E-state index contributed by atoms with van der Waals surface area (Å²) in [5, 5.41) is 0. The lowest BCUT2D eigenvalue weighted by Gasteiger charge is -2.11. The SMILES string of the molecule is Cc1cc(C)cc(-c2c(N)cccc2N)c1. The fraction of sp³-hybridized carbons (Fsp3) is 0.143. The average molecular weight is 212 g/mol. The Balaban J connectivity index is 2.67. The summed E-state index contributed by atoms with van der Waals surface area (Å²) in [6, 6.07) is 12.0. The average Bonchev–Trinajstić information content (AvgIpc) is 2.15. The maximum Gasteiger partial charge on any atom is 0.0414 e. The molecule has 0 aliphatic rings. The van der Waals surface area contributed by atoms with Gasteiger partial charge < -0.3 is 11.5 Å². The van der Waals surface area contributed by atoms with Crippen molar-refractivity contribution in [1.82, 2.24) is 0 Å². The molecular weight excluding hydrogens is 196 g/mol. The van der Waals surface area contributed by atoms with Crippen LogP contribution in [0.25, 0.3) is 11.1 Å². The topological polar surface area (TPSA) is 52.0 Å². The van der Waals surface area contributed by atoms with Crippen LogP contribution in [-0.4, -0.2) is 0 Å². The van der Waals surface area contributed by atoms with Crippen molar-refractivity contribution in [3.8, 4) is 11.1 Å². The van der Waals surface area contributed by atoms with Crippen LogP contribution in [0, 0.1) is 13.8 Å². The first kappa shape index (κ1) is 10.6. The van der Waals surface area contributed by atoms with E-state index in [-0.39, 0.29) is 0 Å². The number of rotatable bonds is 1. The summed E-state index contributed by atoms with van der Waals surface area (Å²) >= 11 is 0. The third-order valence-corrected chi connectivity index (χ3v) is 2.64. The molecule has 0 fully saturated rings. The first-order chi connectivity index (χ1) is 7.58. The summed E-state index contributed by atoms with van der Waals surface area (Å²) in [6.07, 6.45) is 0. The molecule has 2 aromatic rings. The second-order valence-corrected chi connectivity index (χ2v) is 4.19. The number of hydrogen-bond acceptors (Lipinski definition) is 2. The molecule has 0 bridgehead atoms. The first-order valence-electron chi connectivity index (χ1n) is 5.30. The van der Waals surface area contributed by atoms with Gasteiger partial charge in [0.1, 0.15) is 0 Å². The van der Waals surface area contributed by atoms with Crippen molar-refractivity contribution < 1.29 is 0 Å². The van der Waals surface area contributed by atoms with Gasteiger partial charge in [-0.25, -0.2) is 0 Å². The minimum absolute atomic E-state index is 0.727. The molecule has 0 amide bonds. The number of nitrogen functional groups attached to an aromatic ring is 2. The van der Waals surface area contributed by atoms with Crippen LogP contribution in [0.1, 0.15) is 11.1 Å². The normalized spacial score (nSPS) is 10.4. The van der Waals surface area contributed by atoms with Crippen molar-refractivity contribution in [3.63, 3.8) is 0 Å². The monoisotopic (exact) mass is 212 g/mol. The molecule has 0 saturated carbocycles. The van der Waals surface area contributed by atoms with E-state index in [4.69, 9.17) is 11.5 Å². The predicted molar refractivity (Wildman–Crippen MR) is 70.2 cm³/mol. The highest BCUT2D eigenvalue weighted by atomic mass is 14.6. The van der Waals surface area contributed by atoms with Crippen molar-refractivity contribution in [1.29, 1.82) is 0 Å². The molecule has 82 valence electrons. The summed E-state index contributed by atoms with van der Waals surface area (Å²) in [6.45, 7) is 4.15. The maximum atomic E-state index is 5.97. The van der Waals surface area contributed by atoms with Crippen LogP contribution in [-0.2, 0) is 0 Å². The van der Waals surface area contributed by atoms with Gasteiger partial charge in [-0.2, -0.15) is 0 Å². The number of hydrogen-bond donors (Lipinski definition) is 2. The Morgan fingerprint density at radius 3 is 1.81 bits per heavy atom. The molecule has 0 aromatic heterocycles. The summed E-state index contributed by atoms with van der Waals surface area (Å²) in [5.74, 6) is 0. The van der Waals surface area contributed by atoms with E-state index in [1.165, 1.54) is 11.1 Å². The molecule has 2 heteroatoms. The standard InChI is InChI=1S/C14H16N2/c1-9-6-10(2)8-11(7-9)14-12(15)4-3-5-13(14)16/h3-8H,15-16H2,1-2H3. The van der Waals surface area contributed by atoms with E-state index < -0.39 is 0 Å². The lowest BCUT2D eigenvalue weighted by Crippen LogP contribution is -1.96. The van der Waals surface area contributed by atoms with Gasteiger partial charge in [-0.1, -0.05) is 35.4 Å². The molecule has 0 unspecified atom stereocenters. The molecule has 2 aromatic carbocycles. The second kappa shape index (κ2) is 3.89. The van der Waals surface area contributed by atoms with Gasteiger partial charge in [-0.3, -0.25) is 0 Å². The van der Waals surface area contributed by atoms with Crippen LogP contribution in [0.4, 0.5) is 11.4 Å². The van der Waals surface area contributed by atoms with Crippen LogP contribution in [0.2, 0.25) is 0 Å². The van der Waals surface area contributed by atoms with Crippen LogP contribution in [0.5, 0.6) is 0 Å². The second-order valence-electron chi connectivity index (χ2n) is 4.19. The largest absolute Gasteiger partial charge is 0.398 e. The molecule has 2 rings (SSSR count). The molecule has 2 nitrogen and oxygen atoms in total. The molecule has 4 N–H and O–H groups in total. The fourth-order valence-electron chi connectivity index (χ4n) is 2.04. The van der Waals surface area contributed by atoms with Crippen LogP contribution < -0.4 is 11.5 Å². The zero-order valence-electron chi connectivity index (χ0n) is 9.62. The summed E-state index contributed by atoms with van der Waals surface area (Å²) < 4.78 is 0. The van der Waals surface area contributed by atoms with E-state index in [9.17, 15) is 0 Å². The van der Waals surface area contributed by atoms with Crippen molar-refractivity contribution in [3.05, 3.63) is 47.5 Å². The zero-order chi connectivity index (χ0) is 11.7. The quantitative estimate of drug-likeness (QED) is 0.713. The molecule has 0 aliphatic carbocycles. The highest BCUT2D eigenvalue weighted by Gasteiger charge is 2.07. The van der Waals surface area contributed by atoms with Gasteiger partial charge in [0.15, 0.2) is 0 Å². The minimum Gasteiger partial charge on any atom is -0.398 e. The maximum absolute atomic E-state index is 5.97. The summed E-state index contributed by atoms with van der Waals surface area (Å²) in [5.41, 5.74) is 17.9. The number of aryl methyl sites for hydroxylation is 2. The number of nitrogens with two attached hydrogens (primary N) is 2. The van der Waals surface area contributed by atoms with E-state index in [0.29, 0.717) is 0 Å². The van der Waals surface area contributed by atoms with Crippen molar-refractivity contribution in [2.24, 2.45) is 0 Å². The Labute approximate surface area is 95.9 Å². The fourth-order valence-corrected chi connectivity index (χ4v) is 2.04. The first-order valence-corrected chi connectivity index (χ1v) is 5.30. The van der Waals surface area contributed by atoms with Gasteiger partial charge in [-0.15, -0.1) is 0 Å². The smallest absolute Gasteiger partial charge is 0.0414 e. The molecule has 16 heavy (non-hydrogen) atoms. The van der Waals surface area contributed by atoms with E-state index in [0.717, 1.165) is 22.5 Å². The minimum atomic E-state index is 0.727. The molecular formula is C14H16N2. The van der Waals surface area contributed by atoms with E-state index in [1.54, 1.807) is 0 Å². The Morgan fingerprint density at radius 1 is 0.812 bits per heavy atom. The van der Waals surface area contributed by atoms with Crippen LogP contribution >= 0.6 is 0 Å². The molecule has 0 radical (unpaired) electrons. The van der Waals surface area contributed by atoms with Crippen LogP contribution in [0.15, 0.2) is 36.4 Å². The Kier molecular flexibility index (Phi) is 2.57. The van der Waals surface area contributed by atoms with E-state index in [1.807, 2.05) is 18.2 Å².